The van der Waals surface area contributed by atoms with Crippen LogP contribution in [0.5, 0.6) is 5.75 Å². The van der Waals surface area contributed by atoms with Gasteiger partial charge in [0.1, 0.15) is 11.3 Å². The van der Waals surface area contributed by atoms with E-state index in [2.05, 4.69) is 25.7 Å². The lowest BCUT2D eigenvalue weighted by Crippen LogP contribution is -2.64. The van der Waals surface area contributed by atoms with E-state index in [0.29, 0.717) is 50.1 Å². The van der Waals surface area contributed by atoms with E-state index >= 15 is 0 Å². The number of nitrogens with one attached hydrogen (secondary N) is 2. The molecule has 1 atom stereocenters. The highest BCUT2D eigenvalue weighted by Gasteiger charge is 2.43. The molecular formula is C27H38N6O5. The molecule has 2 heterocycles. The molecule has 2 aromatic rings. The third kappa shape index (κ3) is 6.32. The Balaban J connectivity index is 1.47. The number of likely N-dealkylation sites (N-methyl/N-ethyl adjacent to an activating group) is 1. The van der Waals surface area contributed by atoms with Gasteiger partial charge in [0.25, 0.3) is 5.89 Å². The Kier molecular flexibility index (Phi) is 8.98. The zero-order valence-electron chi connectivity index (χ0n) is 22.5. The topological polar surface area (TPSA) is 130 Å². The number of amides is 3. The van der Waals surface area contributed by atoms with Gasteiger partial charge in [0.05, 0.1) is 13.2 Å². The largest absolute Gasteiger partial charge is 0.497 e. The number of urea groups is 1. The highest BCUT2D eigenvalue weighted by Crippen LogP contribution is 2.29. The molecule has 38 heavy (non-hydrogen) atoms. The summed E-state index contributed by atoms with van der Waals surface area (Å²) in [6.45, 7) is 4.76. The van der Waals surface area contributed by atoms with Crippen molar-refractivity contribution in [3.8, 4) is 17.2 Å². The fourth-order valence-corrected chi connectivity index (χ4v) is 5.03. The average molecular weight is 527 g/mol. The van der Waals surface area contributed by atoms with Gasteiger partial charge in [0.15, 0.2) is 0 Å². The Morgan fingerprint density at radius 1 is 1.05 bits per heavy atom. The first kappa shape index (κ1) is 27.6. The van der Waals surface area contributed by atoms with Crippen molar-refractivity contribution in [1.82, 2.24) is 30.6 Å². The monoisotopic (exact) mass is 526 g/mol. The van der Waals surface area contributed by atoms with Gasteiger partial charge < -0.3 is 29.6 Å². The number of Topliss-reactive ketones (excluding diaryl/α,β-unsaturated/α-hetero) is 1. The summed E-state index contributed by atoms with van der Waals surface area (Å²) in [5, 5.41) is 14.0. The lowest BCUT2D eigenvalue weighted by atomic mass is 9.80. The standard InChI is InChI=1S/C27H38N6O5/c1-4-8-21(22(34)24-31-30-23(38-24)19-9-11-20(37-3)12-10-19)28-25(35)27(13-6-5-7-14-27)29-26(36)33-17-15-32(2)16-18-33/h9-12,21H,4-8,13-18H2,1-3H3,(H,28,35)(H,29,36)/t21-/m0/s1. The average Bonchev–Trinajstić information content (AvgIpc) is 3.43. The summed E-state index contributed by atoms with van der Waals surface area (Å²) in [7, 11) is 3.61. The number of carbonyl (C=O) groups is 3. The maximum atomic E-state index is 13.7. The van der Waals surface area contributed by atoms with Crippen LogP contribution in [-0.4, -0.2) is 89.6 Å². The van der Waals surface area contributed by atoms with Gasteiger partial charge >= 0.3 is 6.03 Å². The fraction of sp³-hybridized carbons (Fsp3) is 0.593. The minimum Gasteiger partial charge on any atom is -0.497 e. The first-order valence-electron chi connectivity index (χ1n) is 13.4. The van der Waals surface area contributed by atoms with Gasteiger partial charge in [-0.2, -0.15) is 0 Å². The van der Waals surface area contributed by atoms with Crippen molar-refractivity contribution in [2.75, 3.05) is 40.3 Å². The van der Waals surface area contributed by atoms with Crippen molar-refractivity contribution in [1.29, 1.82) is 0 Å². The van der Waals surface area contributed by atoms with Crippen molar-refractivity contribution in [3.63, 3.8) is 0 Å². The number of ether oxygens (including phenoxy) is 1. The van der Waals surface area contributed by atoms with E-state index in [9.17, 15) is 14.4 Å². The molecule has 0 radical (unpaired) electrons. The van der Waals surface area contributed by atoms with E-state index in [4.69, 9.17) is 9.15 Å². The lowest BCUT2D eigenvalue weighted by Gasteiger charge is -2.40. The van der Waals surface area contributed by atoms with Crippen LogP contribution in [0.2, 0.25) is 0 Å². The first-order chi connectivity index (χ1) is 18.3. The van der Waals surface area contributed by atoms with Gasteiger partial charge in [-0.15, -0.1) is 10.2 Å². The third-order valence-electron chi connectivity index (χ3n) is 7.45. The summed E-state index contributed by atoms with van der Waals surface area (Å²) >= 11 is 0. The normalized spacial score (nSPS) is 18.4. The minimum absolute atomic E-state index is 0.159. The van der Waals surface area contributed by atoms with Crippen LogP contribution in [-0.2, 0) is 4.79 Å². The molecule has 3 amide bonds. The number of benzene rings is 1. The zero-order valence-corrected chi connectivity index (χ0v) is 22.5. The Morgan fingerprint density at radius 3 is 2.37 bits per heavy atom. The van der Waals surface area contributed by atoms with E-state index in [-0.39, 0.29) is 23.7 Å². The Hall–Kier alpha value is -3.47. The van der Waals surface area contributed by atoms with Crippen LogP contribution in [0.4, 0.5) is 4.79 Å². The first-order valence-corrected chi connectivity index (χ1v) is 13.4. The maximum absolute atomic E-state index is 13.7. The van der Waals surface area contributed by atoms with Crippen molar-refractivity contribution in [2.45, 2.75) is 63.5 Å². The van der Waals surface area contributed by atoms with Gasteiger partial charge in [-0.25, -0.2) is 4.79 Å². The van der Waals surface area contributed by atoms with Gasteiger partial charge in [0.2, 0.25) is 17.6 Å². The molecule has 2 N–H and O–H groups in total. The summed E-state index contributed by atoms with van der Waals surface area (Å²) in [6, 6.07) is 6.00. The molecule has 11 nitrogen and oxygen atoms in total. The van der Waals surface area contributed by atoms with Gasteiger partial charge in [-0.1, -0.05) is 32.6 Å². The second kappa shape index (κ2) is 12.4. The molecule has 1 saturated heterocycles. The van der Waals surface area contributed by atoms with E-state index in [0.717, 1.165) is 32.4 Å². The predicted octanol–water partition coefficient (Wildman–Crippen LogP) is 2.87. The van der Waals surface area contributed by atoms with Crippen molar-refractivity contribution in [2.24, 2.45) is 0 Å². The number of methoxy groups -OCH3 is 1. The molecular weight excluding hydrogens is 488 g/mol. The lowest BCUT2D eigenvalue weighted by molar-refractivity contribution is -0.129. The molecule has 2 aliphatic rings. The van der Waals surface area contributed by atoms with Crippen LogP contribution in [0.1, 0.15) is 62.6 Å². The fourth-order valence-electron chi connectivity index (χ4n) is 5.03. The number of hydrogen-bond donors (Lipinski definition) is 2. The maximum Gasteiger partial charge on any atom is 0.318 e. The second-order valence-corrected chi connectivity index (χ2v) is 10.2. The van der Waals surface area contributed by atoms with E-state index < -0.39 is 17.4 Å². The minimum atomic E-state index is -1.05. The van der Waals surface area contributed by atoms with Crippen LogP contribution >= 0.6 is 0 Å². The van der Waals surface area contributed by atoms with Crippen LogP contribution in [0.25, 0.3) is 11.5 Å². The number of piperazine rings is 1. The number of nitrogens with zero attached hydrogens (tertiary/aromatic N) is 4. The Bertz CT molecular complexity index is 1100. The molecule has 2 fully saturated rings. The Labute approximate surface area is 223 Å². The molecule has 11 heteroatoms. The third-order valence-corrected chi connectivity index (χ3v) is 7.45. The second-order valence-electron chi connectivity index (χ2n) is 10.2. The van der Waals surface area contributed by atoms with Crippen LogP contribution in [0, 0.1) is 0 Å². The molecule has 1 saturated carbocycles. The summed E-state index contributed by atoms with van der Waals surface area (Å²) < 4.78 is 10.9. The van der Waals surface area contributed by atoms with Gasteiger partial charge in [0, 0.05) is 31.7 Å². The van der Waals surface area contributed by atoms with Crippen molar-refractivity contribution in [3.05, 3.63) is 30.2 Å². The molecule has 0 spiro atoms. The van der Waals surface area contributed by atoms with E-state index in [1.54, 1.807) is 36.3 Å². The molecule has 0 bridgehead atoms. The molecule has 4 rings (SSSR count). The highest BCUT2D eigenvalue weighted by molar-refractivity contribution is 6.00. The number of aromatic nitrogens is 2. The zero-order chi connectivity index (χ0) is 27.1. The predicted molar refractivity (Wildman–Crippen MR) is 141 cm³/mol. The molecule has 1 aromatic carbocycles. The summed E-state index contributed by atoms with van der Waals surface area (Å²) in [6.07, 6.45) is 4.81. The molecule has 206 valence electrons. The van der Waals surface area contributed by atoms with Crippen LogP contribution in [0.15, 0.2) is 28.7 Å². The highest BCUT2D eigenvalue weighted by atomic mass is 16.5. The molecule has 0 unspecified atom stereocenters. The van der Waals surface area contributed by atoms with Crippen molar-refractivity contribution < 1.29 is 23.5 Å². The number of ketones is 1. The Morgan fingerprint density at radius 2 is 1.74 bits per heavy atom. The quantitative estimate of drug-likeness (QED) is 0.477. The number of hydrogen-bond acceptors (Lipinski definition) is 8. The number of carbonyl (C=O) groups excluding carboxylic acids is 3. The molecule has 1 aromatic heterocycles. The smallest absolute Gasteiger partial charge is 0.318 e. The summed E-state index contributed by atoms with van der Waals surface area (Å²) in [5.74, 6) is -0.0358. The van der Waals surface area contributed by atoms with Gasteiger partial charge in [-0.05, 0) is 50.6 Å². The van der Waals surface area contributed by atoms with Gasteiger partial charge in [-0.3, -0.25) is 9.59 Å². The van der Waals surface area contributed by atoms with Crippen LogP contribution < -0.4 is 15.4 Å². The molecule has 1 aliphatic carbocycles. The van der Waals surface area contributed by atoms with Crippen LogP contribution in [0.3, 0.4) is 0 Å². The summed E-state index contributed by atoms with van der Waals surface area (Å²) in [5.41, 5.74) is -0.394. The van der Waals surface area contributed by atoms with E-state index in [1.165, 1.54) is 0 Å². The number of rotatable bonds is 9. The SMILES string of the molecule is CCC[C@H](NC(=O)C1(NC(=O)N2CCN(C)CC2)CCCCC1)C(=O)c1nnc(-c2ccc(OC)cc2)o1. The summed E-state index contributed by atoms with van der Waals surface area (Å²) in [4.78, 5) is 44.2. The van der Waals surface area contributed by atoms with E-state index in [1.807, 2.05) is 14.0 Å². The van der Waals surface area contributed by atoms with Crippen molar-refractivity contribution >= 4 is 17.7 Å². The molecule has 1 aliphatic heterocycles.